The number of amides is 1. The zero-order valence-corrected chi connectivity index (χ0v) is 13.5. The molecule has 0 spiro atoms. The number of benzene rings is 1. The van der Waals surface area contributed by atoms with Crippen LogP contribution < -0.4 is 4.90 Å². The van der Waals surface area contributed by atoms with Crippen LogP contribution in [0.2, 0.25) is 5.02 Å². The van der Waals surface area contributed by atoms with Crippen molar-refractivity contribution in [1.29, 1.82) is 0 Å². The molecule has 0 radical (unpaired) electrons. The lowest BCUT2D eigenvalue weighted by molar-refractivity contribution is -0.124. The highest BCUT2D eigenvalue weighted by Crippen LogP contribution is 2.38. The summed E-state index contributed by atoms with van der Waals surface area (Å²) in [5.74, 6) is 0.626. The first-order chi connectivity index (χ1) is 11.2. The van der Waals surface area contributed by atoms with E-state index in [-0.39, 0.29) is 17.9 Å². The number of carbonyl (C=O) groups excluding carboxylic acids is 1. The first-order valence-corrected chi connectivity index (χ1v) is 8.04. The van der Waals surface area contributed by atoms with Crippen LogP contribution in [-0.4, -0.2) is 15.9 Å². The molecule has 1 amide bonds. The summed E-state index contributed by atoms with van der Waals surface area (Å²) < 4.78 is 0. The summed E-state index contributed by atoms with van der Waals surface area (Å²) in [5, 5.41) is 0.687. The van der Waals surface area contributed by atoms with Crippen LogP contribution in [0.4, 0.5) is 5.82 Å². The van der Waals surface area contributed by atoms with E-state index in [1.165, 1.54) is 0 Å². The fourth-order valence-electron chi connectivity index (χ4n) is 3.07. The third-order valence-corrected chi connectivity index (χ3v) is 4.44. The number of halogens is 1. The Labute approximate surface area is 140 Å². The van der Waals surface area contributed by atoms with Crippen LogP contribution in [0.1, 0.15) is 30.9 Å². The van der Waals surface area contributed by atoms with E-state index in [0.29, 0.717) is 17.3 Å². The molecule has 1 unspecified atom stereocenters. The molecular formula is C18H18ClN3O. The number of rotatable bonds is 4. The second-order valence-corrected chi connectivity index (χ2v) is 6.07. The van der Waals surface area contributed by atoms with Gasteiger partial charge in [-0.1, -0.05) is 29.8 Å². The van der Waals surface area contributed by atoms with Crippen LogP contribution in [0.25, 0.3) is 0 Å². The highest BCUT2D eigenvalue weighted by Gasteiger charge is 2.37. The molecule has 118 valence electrons. The van der Waals surface area contributed by atoms with Gasteiger partial charge in [0.25, 0.3) is 0 Å². The molecule has 3 rings (SSSR count). The third kappa shape index (κ3) is 3.27. The molecule has 2 heterocycles. The molecular weight excluding hydrogens is 310 g/mol. The highest BCUT2D eigenvalue weighted by molar-refractivity contribution is 6.30. The smallest absolute Gasteiger partial charge is 0.232 e. The Kier molecular flexibility index (Phi) is 4.72. The van der Waals surface area contributed by atoms with Crippen molar-refractivity contribution in [2.24, 2.45) is 5.92 Å². The van der Waals surface area contributed by atoms with E-state index in [1.54, 1.807) is 29.6 Å². The van der Waals surface area contributed by atoms with Gasteiger partial charge in [-0.05, 0) is 37.0 Å². The summed E-state index contributed by atoms with van der Waals surface area (Å²) in [7, 11) is 0. The van der Waals surface area contributed by atoms with Crippen LogP contribution in [0.3, 0.4) is 0 Å². The number of aromatic nitrogens is 2. The topological polar surface area (TPSA) is 46.1 Å². The summed E-state index contributed by atoms with van der Waals surface area (Å²) >= 11 is 5.98. The molecule has 1 aliphatic heterocycles. The number of allylic oxidation sites excluding steroid dienone is 1. The van der Waals surface area contributed by atoms with Gasteiger partial charge in [-0.3, -0.25) is 14.7 Å². The van der Waals surface area contributed by atoms with Crippen LogP contribution in [0.5, 0.6) is 0 Å². The minimum atomic E-state index is -0.0440. The first-order valence-electron chi connectivity index (χ1n) is 7.66. The summed E-state index contributed by atoms with van der Waals surface area (Å²) in [5.41, 5.74) is 1.06. The van der Waals surface area contributed by atoms with E-state index in [0.717, 1.165) is 18.4 Å². The molecule has 0 saturated carbocycles. The maximum Gasteiger partial charge on any atom is 0.232 e. The van der Waals surface area contributed by atoms with Crippen molar-refractivity contribution in [3.8, 4) is 0 Å². The zero-order valence-electron chi connectivity index (χ0n) is 12.7. The van der Waals surface area contributed by atoms with Crippen molar-refractivity contribution in [1.82, 2.24) is 9.97 Å². The second-order valence-electron chi connectivity index (χ2n) is 5.64. The maximum atomic E-state index is 13.0. The molecule has 2 aromatic rings. The van der Waals surface area contributed by atoms with Crippen molar-refractivity contribution in [3.63, 3.8) is 0 Å². The number of carbonyl (C=O) groups is 1. The lowest BCUT2D eigenvalue weighted by atomic mass is 9.86. The molecule has 0 bridgehead atoms. The quantitative estimate of drug-likeness (QED) is 0.791. The molecule has 1 aromatic heterocycles. The summed E-state index contributed by atoms with van der Waals surface area (Å²) in [6.07, 6.45) is 9.06. The van der Waals surface area contributed by atoms with E-state index in [4.69, 9.17) is 11.6 Å². The SMILES string of the molecule is C=CCC1CC[C@@H](c2ccc(Cl)cc2)N(c2cnccn2)C1=O. The Morgan fingerprint density at radius 2 is 2.04 bits per heavy atom. The van der Waals surface area contributed by atoms with Gasteiger partial charge in [0.2, 0.25) is 5.91 Å². The number of hydrogen-bond donors (Lipinski definition) is 0. The molecule has 0 N–H and O–H groups in total. The lowest BCUT2D eigenvalue weighted by Gasteiger charge is -2.38. The maximum absolute atomic E-state index is 13.0. The lowest BCUT2D eigenvalue weighted by Crippen LogP contribution is -2.44. The number of hydrogen-bond acceptors (Lipinski definition) is 3. The minimum absolute atomic E-state index is 0.0435. The van der Waals surface area contributed by atoms with Gasteiger partial charge in [-0.2, -0.15) is 0 Å². The molecule has 5 heteroatoms. The van der Waals surface area contributed by atoms with Crippen LogP contribution >= 0.6 is 11.6 Å². The molecule has 0 aliphatic carbocycles. The Morgan fingerprint density at radius 1 is 1.26 bits per heavy atom. The fourth-order valence-corrected chi connectivity index (χ4v) is 3.20. The normalized spacial score (nSPS) is 21.3. The molecule has 2 atom stereocenters. The van der Waals surface area contributed by atoms with Crippen LogP contribution in [0, 0.1) is 5.92 Å². The Balaban J connectivity index is 1.98. The van der Waals surface area contributed by atoms with E-state index in [2.05, 4.69) is 16.5 Å². The Morgan fingerprint density at radius 3 is 2.70 bits per heavy atom. The molecule has 23 heavy (non-hydrogen) atoms. The van der Waals surface area contributed by atoms with Gasteiger partial charge in [-0.15, -0.1) is 6.58 Å². The van der Waals surface area contributed by atoms with Crippen LogP contribution in [0.15, 0.2) is 55.5 Å². The predicted octanol–water partition coefficient (Wildman–Crippen LogP) is 4.19. The molecule has 1 aliphatic rings. The minimum Gasteiger partial charge on any atom is -0.288 e. The van der Waals surface area contributed by atoms with Crippen molar-refractivity contribution in [2.75, 3.05) is 4.90 Å². The van der Waals surface area contributed by atoms with Crippen molar-refractivity contribution < 1.29 is 4.79 Å². The predicted molar refractivity (Wildman–Crippen MR) is 91.2 cm³/mol. The Hall–Kier alpha value is -2.20. The van der Waals surface area contributed by atoms with E-state index >= 15 is 0 Å². The van der Waals surface area contributed by atoms with E-state index < -0.39 is 0 Å². The molecule has 1 aromatic carbocycles. The van der Waals surface area contributed by atoms with E-state index in [9.17, 15) is 4.79 Å². The number of piperidine rings is 1. The van der Waals surface area contributed by atoms with Gasteiger partial charge < -0.3 is 0 Å². The van der Waals surface area contributed by atoms with Crippen LogP contribution in [-0.2, 0) is 4.79 Å². The number of anilines is 1. The largest absolute Gasteiger partial charge is 0.288 e. The van der Waals surface area contributed by atoms with E-state index in [1.807, 2.05) is 24.3 Å². The van der Waals surface area contributed by atoms with Gasteiger partial charge in [0.15, 0.2) is 5.82 Å². The van der Waals surface area contributed by atoms with Crippen molar-refractivity contribution in [2.45, 2.75) is 25.3 Å². The van der Waals surface area contributed by atoms with Crippen molar-refractivity contribution in [3.05, 3.63) is 66.1 Å². The van der Waals surface area contributed by atoms with Gasteiger partial charge in [0.05, 0.1) is 12.2 Å². The van der Waals surface area contributed by atoms with Gasteiger partial charge in [0.1, 0.15) is 0 Å². The van der Waals surface area contributed by atoms with Gasteiger partial charge >= 0.3 is 0 Å². The standard InChI is InChI=1S/C18H18ClN3O/c1-2-3-14-6-9-16(13-4-7-15(19)8-5-13)22(18(14)23)17-12-20-10-11-21-17/h2,4-5,7-8,10-12,14,16H,1,3,6,9H2/t14?,16-/m0/s1. The monoisotopic (exact) mass is 327 g/mol. The molecule has 1 saturated heterocycles. The zero-order chi connectivity index (χ0) is 16.2. The summed E-state index contributed by atoms with van der Waals surface area (Å²) in [4.78, 5) is 23.2. The Bertz CT molecular complexity index is 687. The molecule has 1 fully saturated rings. The second kappa shape index (κ2) is 6.92. The average molecular weight is 328 g/mol. The highest BCUT2D eigenvalue weighted by atomic mass is 35.5. The number of nitrogens with zero attached hydrogens (tertiary/aromatic N) is 3. The average Bonchev–Trinajstić information content (AvgIpc) is 2.58. The summed E-state index contributed by atoms with van der Waals surface area (Å²) in [6.45, 7) is 3.76. The first kappa shape index (κ1) is 15.7. The van der Waals surface area contributed by atoms with Crippen molar-refractivity contribution >= 4 is 23.3 Å². The van der Waals surface area contributed by atoms with Gasteiger partial charge in [0, 0.05) is 23.3 Å². The third-order valence-electron chi connectivity index (χ3n) is 4.19. The molecule has 4 nitrogen and oxygen atoms in total. The summed E-state index contributed by atoms with van der Waals surface area (Å²) in [6, 6.07) is 7.60. The van der Waals surface area contributed by atoms with Gasteiger partial charge in [-0.25, -0.2) is 4.98 Å². The fraction of sp³-hybridized carbons (Fsp3) is 0.278.